The SMILES string of the molecule is Cc1nc(C)c(C(C)NC(=O)c2ccccc2CCN)s1. The molecule has 0 radical (unpaired) electrons. The van der Waals surface area contributed by atoms with Crippen molar-refractivity contribution in [3.8, 4) is 0 Å². The zero-order valence-electron chi connectivity index (χ0n) is 12.6. The van der Waals surface area contributed by atoms with Gasteiger partial charge in [0.1, 0.15) is 0 Å². The van der Waals surface area contributed by atoms with Crippen LogP contribution in [0.25, 0.3) is 0 Å². The molecule has 112 valence electrons. The Morgan fingerprint density at radius 1 is 1.38 bits per heavy atom. The molecule has 0 bridgehead atoms. The molecule has 0 fully saturated rings. The maximum Gasteiger partial charge on any atom is 0.252 e. The maximum absolute atomic E-state index is 12.5. The third-order valence-corrected chi connectivity index (χ3v) is 4.61. The minimum atomic E-state index is -0.0583. The van der Waals surface area contributed by atoms with Crippen LogP contribution < -0.4 is 11.1 Å². The Morgan fingerprint density at radius 2 is 2.10 bits per heavy atom. The number of carbonyl (C=O) groups excluding carboxylic acids is 1. The van der Waals surface area contributed by atoms with Gasteiger partial charge in [-0.1, -0.05) is 18.2 Å². The molecule has 1 aromatic heterocycles. The lowest BCUT2D eigenvalue weighted by atomic mass is 10.0. The van der Waals surface area contributed by atoms with Crippen LogP contribution in [0.2, 0.25) is 0 Å². The molecule has 21 heavy (non-hydrogen) atoms. The van der Waals surface area contributed by atoms with Gasteiger partial charge >= 0.3 is 0 Å². The monoisotopic (exact) mass is 303 g/mol. The fourth-order valence-electron chi connectivity index (χ4n) is 2.40. The van der Waals surface area contributed by atoms with Crippen LogP contribution in [-0.2, 0) is 6.42 Å². The van der Waals surface area contributed by atoms with Gasteiger partial charge in [0.05, 0.1) is 16.7 Å². The fourth-order valence-corrected chi connectivity index (χ4v) is 3.33. The van der Waals surface area contributed by atoms with Crippen molar-refractivity contribution in [1.82, 2.24) is 10.3 Å². The summed E-state index contributed by atoms with van der Waals surface area (Å²) in [4.78, 5) is 18.0. The van der Waals surface area contributed by atoms with E-state index < -0.39 is 0 Å². The molecule has 1 atom stereocenters. The molecular weight excluding hydrogens is 282 g/mol. The summed E-state index contributed by atoms with van der Waals surface area (Å²) in [5.41, 5.74) is 8.28. The lowest BCUT2D eigenvalue weighted by Crippen LogP contribution is -2.27. The number of rotatable bonds is 5. The molecule has 5 heteroatoms. The smallest absolute Gasteiger partial charge is 0.252 e. The Balaban J connectivity index is 2.16. The third kappa shape index (κ3) is 3.68. The first-order chi connectivity index (χ1) is 10.0. The van der Waals surface area contributed by atoms with Gasteiger partial charge in [0.2, 0.25) is 0 Å². The number of nitrogens with zero attached hydrogens (tertiary/aromatic N) is 1. The van der Waals surface area contributed by atoms with Crippen LogP contribution in [0, 0.1) is 13.8 Å². The van der Waals surface area contributed by atoms with Crippen molar-refractivity contribution < 1.29 is 4.79 Å². The van der Waals surface area contributed by atoms with Crippen molar-refractivity contribution in [2.75, 3.05) is 6.54 Å². The highest BCUT2D eigenvalue weighted by Gasteiger charge is 2.17. The van der Waals surface area contributed by atoms with E-state index in [1.807, 2.05) is 45.0 Å². The zero-order chi connectivity index (χ0) is 15.4. The Kier molecular flexibility index (Phi) is 5.09. The third-order valence-electron chi connectivity index (χ3n) is 3.36. The van der Waals surface area contributed by atoms with E-state index in [0.717, 1.165) is 21.1 Å². The average molecular weight is 303 g/mol. The first-order valence-corrected chi connectivity index (χ1v) is 7.87. The van der Waals surface area contributed by atoms with Crippen LogP contribution in [0.3, 0.4) is 0 Å². The van der Waals surface area contributed by atoms with Gasteiger partial charge in [-0.3, -0.25) is 4.79 Å². The number of nitrogens with one attached hydrogen (secondary N) is 1. The minimum absolute atomic E-state index is 0.0466. The van der Waals surface area contributed by atoms with E-state index in [4.69, 9.17) is 5.73 Å². The molecule has 2 aromatic rings. The Hall–Kier alpha value is -1.72. The first-order valence-electron chi connectivity index (χ1n) is 7.05. The summed E-state index contributed by atoms with van der Waals surface area (Å²) in [7, 11) is 0. The van der Waals surface area contributed by atoms with Crippen molar-refractivity contribution >= 4 is 17.2 Å². The molecular formula is C16H21N3OS. The highest BCUT2D eigenvalue weighted by Crippen LogP contribution is 2.24. The first kappa shape index (κ1) is 15.7. The van der Waals surface area contributed by atoms with Gasteiger partial charge in [-0.15, -0.1) is 11.3 Å². The molecule has 4 nitrogen and oxygen atoms in total. The fraction of sp³-hybridized carbons (Fsp3) is 0.375. The Bertz CT molecular complexity index is 636. The lowest BCUT2D eigenvalue weighted by molar-refractivity contribution is 0.0939. The summed E-state index contributed by atoms with van der Waals surface area (Å²) in [6.45, 7) is 6.48. The average Bonchev–Trinajstić information content (AvgIpc) is 2.78. The van der Waals surface area contributed by atoms with E-state index in [2.05, 4.69) is 10.3 Å². The van der Waals surface area contributed by atoms with E-state index in [1.54, 1.807) is 11.3 Å². The highest BCUT2D eigenvalue weighted by molar-refractivity contribution is 7.11. The molecule has 3 N–H and O–H groups in total. The van der Waals surface area contributed by atoms with Crippen molar-refractivity contribution in [1.29, 1.82) is 0 Å². The van der Waals surface area contributed by atoms with Gasteiger partial charge in [-0.25, -0.2) is 4.98 Å². The molecule has 0 aliphatic rings. The summed E-state index contributed by atoms with van der Waals surface area (Å²) < 4.78 is 0. The molecule has 0 spiro atoms. The number of thiazole rings is 1. The zero-order valence-corrected chi connectivity index (χ0v) is 13.5. The van der Waals surface area contributed by atoms with Gasteiger partial charge in [0.25, 0.3) is 5.91 Å². The summed E-state index contributed by atoms with van der Waals surface area (Å²) in [6.07, 6.45) is 0.705. The maximum atomic E-state index is 12.5. The number of nitrogens with two attached hydrogens (primary N) is 1. The van der Waals surface area contributed by atoms with Gasteiger partial charge in [-0.05, 0) is 45.4 Å². The second kappa shape index (κ2) is 6.83. The molecule has 1 aromatic carbocycles. The summed E-state index contributed by atoms with van der Waals surface area (Å²) in [6, 6.07) is 7.56. The predicted octanol–water partition coefficient (Wildman–Crippen LogP) is 2.75. The number of aryl methyl sites for hydroxylation is 2. The number of hydrogen-bond acceptors (Lipinski definition) is 4. The number of amides is 1. The summed E-state index contributed by atoms with van der Waals surface area (Å²) in [5, 5.41) is 4.08. The van der Waals surface area contributed by atoms with E-state index >= 15 is 0 Å². The Morgan fingerprint density at radius 3 is 2.71 bits per heavy atom. The topological polar surface area (TPSA) is 68.0 Å². The van der Waals surface area contributed by atoms with Crippen LogP contribution in [0.1, 0.15) is 44.5 Å². The Labute approximate surface area is 129 Å². The van der Waals surface area contributed by atoms with Crippen molar-refractivity contribution in [3.05, 3.63) is 51.0 Å². The molecule has 1 amide bonds. The van der Waals surface area contributed by atoms with Gasteiger partial charge < -0.3 is 11.1 Å². The molecule has 0 saturated heterocycles. The van der Waals surface area contributed by atoms with E-state index in [1.165, 1.54) is 0 Å². The van der Waals surface area contributed by atoms with Gasteiger partial charge in [0.15, 0.2) is 0 Å². The molecule has 0 saturated carbocycles. The summed E-state index contributed by atoms with van der Waals surface area (Å²) in [5.74, 6) is -0.0583. The van der Waals surface area contributed by atoms with Crippen LogP contribution in [0.15, 0.2) is 24.3 Å². The van der Waals surface area contributed by atoms with Gasteiger partial charge in [0, 0.05) is 10.4 Å². The van der Waals surface area contributed by atoms with Crippen LogP contribution in [0.5, 0.6) is 0 Å². The van der Waals surface area contributed by atoms with E-state index in [-0.39, 0.29) is 11.9 Å². The quantitative estimate of drug-likeness (QED) is 0.892. The molecule has 0 aliphatic heterocycles. The number of benzene rings is 1. The predicted molar refractivity (Wildman–Crippen MR) is 86.7 cm³/mol. The normalized spacial score (nSPS) is 12.2. The van der Waals surface area contributed by atoms with Crippen LogP contribution in [0.4, 0.5) is 0 Å². The van der Waals surface area contributed by atoms with E-state index in [0.29, 0.717) is 18.5 Å². The number of aromatic nitrogens is 1. The molecule has 1 heterocycles. The van der Waals surface area contributed by atoms with Crippen LogP contribution in [-0.4, -0.2) is 17.4 Å². The molecule has 1 unspecified atom stereocenters. The second-order valence-electron chi connectivity index (χ2n) is 5.07. The number of carbonyl (C=O) groups is 1. The largest absolute Gasteiger partial charge is 0.345 e. The summed E-state index contributed by atoms with van der Waals surface area (Å²) >= 11 is 1.63. The van der Waals surface area contributed by atoms with Gasteiger partial charge in [-0.2, -0.15) is 0 Å². The molecule has 0 aliphatic carbocycles. The van der Waals surface area contributed by atoms with Crippen molar-refractivity contribution in [3.63, 3.8) is 0 Å². The van der Waals surface area contributed by atoms with Crippen LogP contribution >= 0.6 is 11.3 Å². The standard InChI is InChI=1S/C16H21N3OS/c1-10-15(21-12(3)18-10)11(2)19-16(20)14-7-5-4-6-13(14)8-9-17/h4-7,11H,8-9,17H2,1-3H3,(H,19,20). The minimum Gasteiger partial charge on any atom is -0.345 e. The van der Waals surface area contributed by atoms with Crippen molar-refractivity contribution in [2.24, 2.45) is 5.73 Å². The van der Waals surface area contributed by atoms with E-state index in [9.17, 15) is 4.79 Å². The second-order valence-corrected chi connectivity index (χ2v) is 6.31. The number of hydrogen-bond donors (Lipinski definition) is 2. The van der Waals surface area contributed by atoms with Crippen molar-refractivity contribution in [2.45, 2.75) is 33.2 Å². The highest BCUT2D eigenvalue weighted by atomic mass is 32.1. The molecule has 2 rings (SSSR count). The lowest BCUT2D eigenvalue weighted by Gasteiger charge is -2.15.